The summed E-state index contributed by atoms with van der Waals surface area (Å²) in [5.74, 6) is 4.65. The minimum absolute atomic E-state index is 0.00285. The van der Waals surface area contributed by atoms with E-state index < -0.39 is 0 Å². The fourth-order valence-corrected chi connectivity index (χ4v) is 2.16. The smallest absolute Gasteiger partial charge is 0.336 e. The maximum Gasteiger partial charge on any atom is 0.336 e. The molecular weight excluding hydrogens is 284 g/mol. The molecule has 2 heterocycles. The van der Waals surface area contributed by atoms with E-state index in [0.29, 0.717) is 24.2 Å². The number of ether oxygens (including phenoxy) is 2. The summed E-state index contributed by atoms with van der Waals surface area (Å²) in [4.78, 5) is 27.3. The highest BCUT2D eigenvalue weighted by atomic mass is 16.5. The van der Waals surface area contributed by atoms with Crippen molar-refractivity contribution in [2.24, 2.45) is 0 Å². The van der Waals surface area contributed by atoms with Crippen molar-refractivity contribution in [2.75, 3.05) is 53.5 Å². The fraction of sp³-hybridized carbons (Fsp3) is 0.500. The molecule has 0 fully saturated rings. The molecule has 0 amide bonds. The Balaban J connectivity index is 1.61. The van der Waals surface area contributed by atoms with E-state index in [0.717, 1.165) is 13.1 Å². The molecule has 0 unspecified atom stereocenters. The molecule has 2 aliphatic heterocycles. The highest BCUT2D eigenvalue weighted by molar-refractivity contribution is 5.90. The van der Waals surface area contributed by atoms with Crippen molar-refractivity contribution >= 4 is 11.9 Å². The van der Waals surface area contributed by atoms with E-state index in [1.807, 2.05) is 36.0 Å². The monoisotopic (exact) mass is 304 g/mol. The van der Waals surface area contributed by atoms with Gasteiger partial charge in [-0.05, 0) is 14.1 Å². The molecule has 6 nitrogen and oxygen atoms in total. The maximum absolute atomic E-state index is 11.7. The first kappa shape index (κ1) is 16.3. The van der Waals surface area contributed by atoms with Gasteiger partial charge in [0, 0.05) is 37.3 Å². The summed E-state index contributed by atoms with van der Waals surface area (Å²) < 4.78 is 10.1. The number of carbonyl (C=O) groups excluding carboxylic acids is 2. The van der Waals surface area contributed by atoms with Crippen LogP contribution in [0.4, 0.5) is 0 Å². The molecule has 0 aromatic heterocycles. The quantitative estimate of drug-likeness (QED) is 0.530. The van der Waals surface area contributed by atoms with Crippen LogP contribution in [0.1, 0.15) is 0 Å². The first-order valence-corrected chi connectivity index (χ1v) is 7.11. The second-order valence-corrected chi connectivity index (χ2v) is 5.36. The molecular formula is C16H20N2O4. The van der Waals surface area contributed by atoms with Gasteiger partial charge in [-0.2, -0.15) is 0 Å². The topological polar surface area (TPSA) is 59.1 Å². The third kappa shape index (κ3) is 4.72. The summed E-state index contributed by atoms with van der Waals surface area (Å²) >= 11 is 0. The van der Waals surface area contributed by atoms with Crippen LogP contribution in [0.5, 0.6) is 0 Å². The van der Waals surface area contributed by atoms with Crippen LogP contribution in [-0.2, 0) is 19.1 Å². The van der Waals surface area contributed by atoms with Gasteiger partial charge >= 0.3 is 11.9 Å². The SMILES string of the molecule is CN1CC=C(C(=O)OCC#CCOC(=O)C2=CCN(C)C2)C1. The van der Waals surface area contributed by atoms with Crippen LogP contribution in [0.3, 0.4) is 0 Å². The standard InChI is InChI=1S/C16H20N2O4/c1-17-7-5-13(11-17)15(19)21-9-3-4-10-22-16(20)14-6-8-18(2)12-14/h5-6H,7-12H2,1-2H3. The van der Waals surface area contributed by atoms with E-state index >= 15 is 0 Å². The van der Waals surface area contributed by atoms with Crippen LogP contribution in [0.25, 0.3) is 0 Å². The number of rotatable bonds is 4. The molecule has 2 aliphatic rings. The highest BCUT2D eigenvalue weighted by Crippen LogP contribution is 2.08. The average Bonchev–Trinajstić information content (AvgIpc) is 3.11. The van der Waals surface area contributed by atoms with Gasteiger partial charge < -0.3 is 9.47 Å². The van der Waals surface area contributed by atoms with Gasteiger partial charge in [0.05, 0.1) is 0 Å². The molecule has 0 saturated carbocycles. The van der Waals surface area contributed by atoms with Crippen LogP contribution in [0, 0.1) is 11.8 Å². The molecule has 0 aromatic carbocycles. The molecule has 6 heteroatoms. The molecule has 0 aliphatic carbocycles. The Kier molecular flexibility index (Phi) is 5.75. The van der Waals surface area contributed by atoms with E-state index in [1.165, 1.54) is 0 Å². The van der Waals surface area contributed by atoms with Gasteiger partial charge in [0.2, 0.25) is 0 Å². The average molecular weight is 304 g/mol. The lowest BCUT2D eigenvalue weighted by molar-refractivity contribution is -0.138. The molecule has 0 N–H and O–H groups in total. The van der Waals surface area contributed by atoms with Crippen molar-refractivity contribution in [2.45, 2.75) is 0 Å². The summed E-state index contributed by atoms with van der Waals surface area (Å²) in [7, 11) is 3.87. The van der Waals surface area contributed by atoms with Gasteiger partial charge in [-0.15, -0.1) is 0 Å². The zero-order valence-electron chi connectivity index (χ0n) is 12.9. The van der Waals surface area contributed by atoms with Crippen molar-refractivity contribution in [1.29, 1.82) is 0 Å². The molecule has 0 spiro atoms. The van der Waals surface area contributed by atoms with Crippen LogP contribution in [0.2, 0.25) is 0 Å². The van der Waals surface area contributed by atoms with Crippen molar-refractivity contribution < 1.29 is 19.1 Å². The number of nitrogens with zero attached hydrogens (tertiary/aromatic N) is 2. The Hall–Kier alpha value is -2.10. The van der Waals surface area contributed by atoms with E-state index in [4.69, 9.17) is 9.47 Å². The molecule has 118 valence electrons. The van der Waals surface area contributed by atoms with Crippen LogP contribution in [-0.4, -0.2) is 75.2 Å². The van der Waals surface area contributed by atoms with Gasteiger partial charge in [0.15, 0.2) is 13.2 Å². The van der Waals surface area contributed by atoms with Crippen molar-refractivity contribution in [1.82, 2.24) is 9.80 Å². The molecule has 0 saturated heterocycles. The molecule has 22 heavy (non-hydrogen) atoms. The van der Waals surface area contributed by atoms with E-state index in [2.05, 4.69) is 11.8 Å². The summed E-state index contributed by atoms with van der Waals surface area (Å²) in [6.07, 6.45) is 3.70. The summed E-state index contributed by atoms with van der Waals surface area (Å²) in [6, 6.07) is 0. The minimum Gasteiger partial charge on any atom is -0.449 e. The number of esters is 2. The Morgan fingerprint density at radius 3 is 1.68 bits per heavy atom. The van der Waals surface area contributed by atoms with Crippen LogP contribution in [0.15, 0.2) is 23.3 Å². The third-order valence-corrected chi connectivity index (χ3v) is 3.38. The summed E-state index contributed by atoms with van der Waals surface area (Å²) in [6.45, 7) is 2.74. The second-order valence-electron chi connectivity index (χ2n) is 5.36. The largest absolute Gasteiger partial charge is 0.449 e. The molecule has 0 atom stereocenters. The Labute approximate surface area is 130 Å². The molecule has 2 rings (SSSR count). The summed E-state index contributed by atoms with van der Waals surface area (Å²) in [5.41, 5.74) is 1.32. The number of likely N-dealkylation sites (N-methyl/N-ethyl adjacent to an activating group) is 2. The zero-order chi connectivity index (χ0) is 15.9. The second kappa shape index (κ2) is 7.78. The van der Waals surface area contributed by atoms with Crippen LogP contribution >= 0.6 is 0 Å². The van der Waals surface area contributed by atoms with Gasteiger partial charge in [-0.3, -0.25) is 9.80 Å². The fourth-order valence-electron chi connectivity index (χ4n) is 2.16. The Morgan fingerprint density at radius 1 is 0.955 bits per heavy atom. The molecule has 0 aromatic rings. The van der Waals surface area contributed by atoms with Gasteiger partial charge in [0.1, 0.15) is 0 Å². The van der Waals surface area contributed by atoms with Gasteiger partial charge in [-0.1, -0.05) is 24.0 Å². The Bertz CT molecular complexity index is 520. The Morgan fingerprint density at radius 2 is 1.36 bits per heavy atom. The van der Waals surface area contributed by atoms with E-state index in [-0.39, 0.29) is 25.2 Å². The first-order valence-electron chi connectivity index (χ1n) is 7.11. The van der Waals surface area contributed by atoms with Gasteiger partial charge in [0.25, 0.3) is 0 Å². The normalized spacial score (nSPS) is 18.3. The number of carbonyl (C=O) groups is 2. The lowest BCUT2D eigenvalue weighted by atomic mass is 10.3. The predicted octanol–water partition coefficient (Wildman–Crippen LogP) is -0.180. The first-order chi connectivity index (χ1) is 10.6. The highest BCUT2D eigenvalue weighted by Gasteiger charge is 2.18. The van der Waals surface area contributed by atoms with Crippen molar-refractivity contribution in [3.8, 4) is 11.8 Å². The minimum atomic E-state index is -0.338. The van der Waals surface area contributed by atoms with Crippen molar-refractivity contribution in [3.63, 3.8) is 0 Å². The number of hydrogen-bond acceptors (Lipinski definition) is 6. The third-order valence-electron chi connectivity index (χ3n) is 3.38. The van der Waals surface area contributed by atoms with E-state index in [9.17, 15) is 9.59 Å². The van der Waals surface area contributed by atoms with Crippen molar-refractivity contribution in [3.05, 3.63) is 23.3 Å². The molecule has 0 radical (unpaired) electrons. The van der Waals surface area contributed by atoms with Gasteiger partial charge in [-0.25, -0.2) is 9.59 Å². The lowest BCUT2D eigenvalue weighted by Gasteiger charge is -2.06. The van der Waals surface area contributed by atoms with Crippen LogP contribution < -0.4 is 0 Å². The lowest BCUT2D eigenvalue weighted by Crippen LogP contribution is -2.18. The number of hydrogen-bond donors (Lipinski definition) is 0. The predicted molar refractivity (Wildman–Crippen MR) is 80.9 cm³/mol. The maximum atomic E-state index is 11.7. The molecule has 0 bridgehead atoms. The zero-order valence-corrected chi connectivity index (χ0v) is 12.9. The summed E-state index contributed by atoms with van der Waals surface area (Å²) in [5, 5.41) is 0. The van der Waals surface area contributed by atoms with E-state index in [1.54, 1.807) is 0 Å².